The monoisotopic (exact) mass is 360 g/mol. The van der Waals surface area contributed by atoms with Crippen LogP contribution in [0, 0.1) is 0 Å². The molecule has 2 aromatic carbocycles. The van der Waals surface area contributed by atoms with E-state index in [0.717, 1.165) is 5.56 Å². The number of hydrogen-bond acceptors (Lipinski definition) is 2. The van der Waals surface area contributed by atoms with Crippen LogP contribution < -0.4 is 5.32 Å². The van der Waals surface area contributed by atoms with Crippen LogP contribution in [0.2, 0.25) is 0 Å². The van der Waals surface area contributed by atoms with Gasteiger partial charge < -0.3 is 10.2 Å². The SMILES string of the molecule is O=C(N[C@H]1C(Cl)=C(Cl)C(=O)N1Cc1ccccc1)c1ccccc1. The van der Waals surface area contributed by atoms with Crippen molar-refractivity contribution in [2.45, 2.75) is 12.7 Å². The molecule has 0 saturated heterocycles. The molecule has 0 bridgehead atoms. The van der Waals surface area contributed by atoms with Gasteiger partial charge in [-0.1, -0.05) is 71.7 Å². The highest BCUT2D eigenvalue weighted by Crippen LogP contribution is 2.31. The molecule has 1 atom stereocenters. The maximum absolute atomic E-state index is 12.4. The molecule has 2 aromatic rings. The van der Waals surface area contributed by atoms with Gasteiger partial charge in [-0.2, -0.15) is 0 Å². The molecule has 0 aliphatic carbocycles. The van der Waals surface area contributed by atoms with Crippen molar-refractivity contribution in [3.05, 3.63) is 81.9 Å². The Kier molecular flexibility index (Phi) is 4.88. The summed E-state index contributed by atoms with van der Waals surface area (Å²) in [5, 5.41) is 2.83. The quantitative estimate of drug-likeness (QED) is 0.907. The maximum atomic E-state index is 12.4. The number of hydrogen-bond donors (Lipinski definition) is 1. The fraction of sp³-hybridized carbons (Fsp3) is 0.111. The Morgan fingerprint density at radius 3 is 2.21 bits per heavy atom. The van der Waals surface area contributed by atoms with Crippen molar-refractivity contribution in [2.24, 2.45) is 0 Å². The first-order chi connectivity index (χ1) is 11.6. The van der Waals surface area contributed by atoms with E-state index in [0.29, 0.717) is 12.1 Å². The summed E-state index contributed by atoms with van der Waals surface area (Å²) < 4.78 is 0. The Morgan fingerprint density at radius 2 is 1.58 bits per heavy atom. The molecule has 0 saturated carbocycles. The highest BCUT2D eigenvalue weighted by molar-refractivity contribution is 6.49. The van der Waals surface area contributed by atoms with E-state index in [1.807, 2.05) is 36.4 Å². The predicted octanol–water partition coefficient (Wildman–Crippen LogP) is 3.47. The van der Waals surface area contributed by atoms with Crippen molar-refractivity contribution >= 4 is 35.0 Å². The lowest BCUT2D eigenvalue weighted by atomic mass is 10.2. The summed E-state index contributed by atoms with van der Waals surface area (Å²) >= 11 is 12.2. The fourth-order valence-corrected chi connectivity index (χ4v) is 2.95. The van der Waals surface area contributed by atoms with Gasteiger partial charge in [0.25, 0.3) is 11.8 Å². The van der Waals surface area contributed by atoms with Crippen LogP contribution in [0.25, 0.3) is 0 Å². The second kappa shape index (κ2) is 7.07. The van der Waals surface area contributed by atoms with Gasteiger partial charge in [-0.25, -0.2) is 0 Å². The zero-order valence-corrected chi connectivity index (χ0v) is 14.1. The lowest BCUT2D eigenvalue weighted by Crippen LogP contribution is -2.46. The summed E-state index contributed by atoms with van der Waals surface area (Å²) in [6.07, 6.45) is -0.778. The third kappa shape index (κ3) is 3.30. The zero-order valence-electron chi connectivity index (χ0n) is 12.6. The summed E-state index contributed by atoms with van der Waals surface area (Å²) in [5.74, 6) is -0.722. The number of rotatable bonds is 4. The molecular formula is C18H14Cl2N2O2. The van der Waals surface area contributed by atoms with Gasteiger partial charge in [-0.3, -0.25) is 9.59 Å². The van der Waals surface area contributed by atoms with E-state index in [2.05, 4.69) is 5.32 Å². The summed E-state index contributed by atoms with van der Waals surface area (Å²) in [4.78, 5) is 26.2. The molecular weight excluding hydrogens is 347 g/mol. The minimum absolute atomic E-state index is 0.0639. The van der Waals surface area contributed by atoms with Crippen LogP contribution in [0.5, 0.6) is 0 Å². The Hall–Kier alpha value is -2.30. The first-order valence-corrected chi connectivity index (χ1v) is 8.09. The summed E-state index contributed by atoms with van der Waals surface area (Å²) in [7, 11) is 0. The van der Waals surface area contributed by atoms with Crippen LogP contribution in [0.15, 0.2) is 70.7 Å². The van der Waals surface area contributed by atoms with Gasteiger partial charge in [-0.15, -0.1) is 0 Å². The lowest BCUT2D eigenvalue weighted by molar-refractivity contribution is -0.127. The smallest absolute Gasteiger partial charge is 0.268 e. The highest BCUT2D eigenvalue weighted by atomic mass is 35.5. The molecule has 0 fully saturated rings. The number of nitrogens with one attached hydrogen (secondary N) is 1. The normalized spacial score (nSPS) is 17.3. The Balaban J connectivity index is 1.82. The largest absolute Gasteiger partial charge is 0.327 e. The van der Waals surface area contributed by atoms with Crippen molar-refractivity contribution < 1.29 is 9.59 Å². The van der Waals surface area contributed by atoms with Gasteiger partial charge in [-0.05, 0) is 17.7 Å². The van der Waals surface area contributed by atoms with Gasteiger partial charge in [0, 0.05) is 12.1 Å². The number of nitrogens with zero attached hydrogens (tertiary/aromatic N) is 1. The van der Waals surface area contributed by atoms with Crippen LogP contribution in [0.1, 0.15) is 15.9 Å². The molecule has 0 spiro atoms. The second-order valence-corrected chi connectivity index (χ2v) is 6.11. The molecule has 4 nitrogen and oxygen atoms in total. The van der Waals surface area contributed by atoms with Crippen LogP contribution >= 0.6 is 23.2 Å². The Bertz CT molecular complexity index is 791. The average Bonchev–Trinajstić information content (AvgIpc) is 2.81. The summed E-state index contributed by atoms with van der Waals surface area (Å²) in [6.45, 7) is 0.297. The zero-order chi connectivity index (χ0) is 17.1. The van der Waals surface area contributed by atoms with Crippen molar-refractivity contribution in [3.63, 3.8) is 0 Å². The van der Waals surface area contributed by atoms with Crippen molar-refractivity contribution in [3.8, 4) is 0 Å². The van der Waals surface area contributed by atoms with E-state index in [4.69, 9.17) is 23.2 Å². The van der Waals surface area contributed by atoms with Crippen LogP contribution in [-0.4, -0.2) is 22.9 Å². The standard InChI is InChI=1S/C18H14Cl2N2O2/c19-14-15(20)18(24)22(11-12-7-3-1-4-8-12)16(14)21-17(23)13-9-5-2-6-10-13/h1-10,16H,11H2,(H,21,23)/t16-/m1/s1. The molecule has 24 heavy (non-hydrogen) atoms. The number of amides is 2. The van der Waals surface area contributed by atoms with Gasteiger partial charge in [0.1, 0.15) is 11.2 Å². The average molecular weight is 361 g/mol. The number of carbonyl (C=O) groups excluding carboxylic acids is 2. The summed E-state index contributed by atoms with van der Waals surface area (Å²) in [6, 6.07) is 18.2. The van der Waals surface area contributed by atoms with E-state index in [9.17, 15) is 9.59 Å². The summed E-state index contributed by atoms with van der Waals surface area (Å²) in [5.41, 5.74) is 1.40. The lowest BCUT2D eigenvalue weighted by Gasteiger charge is -2.26. The van der Waals surface area contributed by atoms with E-state index in [-0.39, 0.29) is 16.0 Å². The van der Waals surface area contributed by atoms with Gasteiger partial charge in [0.2, 0.25) is 0 Å². The molecule has 0 radical (unpaired) electrons. The number of carbonyl (C=O) groups is 2. The molecule has 0 aromatic heterocycles. The molecule has 1 heterocycles. The molecule has 1 N–H and O–H groups in total. The molecule has 122 valence electrons. The molecule has 1 aliphatic rings. The van der Waals surface area contributed by atoms with Crippen molar-refractivity contribution in [1.82, 2.24) is 10.2 Å². The van der Waals surface area contributed by atoms with Gasteiger partial charge in [0.15, 0.2) is 0 Å². The Morgan fingerprint density at radius 1 is 1.00 bits per heavy atom. The number of halogens is 2. The molecule has 0 unspecified atom stereocenters. The minimum atomic E-state index is -0.778. The van der Waals surface area contributed by atoms with Crippen LogP contribution in [-0.2, 0) is 11.3 Å². The molecule has 3 rings (SSSR count). The first-order valence-electron chi connectivity index (χ1n) is 7.34. The maximum Gasteiger partial charge on any atom is 0.268 e. The van der Waals surface area contributed by atoms with Crippen molar-refractivity contribution in [1.29, 1.82) is 0 Å². The predicted molar refractivity (Wildman–Crippen MR) is 93.4 cm³/mol. The van der Waals surface area contributed by atoms with E-state index in [1.54, 1.807) is 24.3 Å². The third-order valence-corrected chi connectivity index (χ3v) is 4.57. The second-order valence-electron chi connectivity index (χ2n) is 5.32. The molecule has 1 aliphatic heterocycles. The van der Waals surface area contributed by atoms with E-state index >= 15 is 0 Å². The van der Waals surface area contributed by atoms with Crippen molar-refractivity contribution in [2.75, 3.05) is 0 Å². The van der Waals surface area contributed by atoms with E-state index in [1.165, 1.54) is 4.90 Å². The Labute approximate surface area is 149 Å². The fourth-order valence-electron chi connectivity index (χ4n) is 2.48. The number of benzene rings is 2. The minimum Gasteiger partial charge on any atom is -0.327 e. The highest BCUT2D eigenvalue weighted by Gasteiger charge is 2.38. The van der Waals surface area contributed by atoms with E-state index < -0.39 is 12.1 Å². The molecule has 6 heteroatoms. The first kappa shape index (κ1) is 16.6. The topological polar surface area (TPSA) is 49.4 Å². The van der Waals surface area contributed by atoms with Gasteiger partial charge in [0.05, 0.1) is 5.03 Å². The van der Waals surface area contributed by atoms with Crippen LogP contribution in [0.4, 0.5) is 0 Å². The molecule has 2 amide bonds. The van der Waals surface area contributed by atoms with Crippen LogP contribution in [0.3, 0.4) is 0 Å². The third-order valence-electron chi connectivity index (χ3n) is 3.71. The van der Waals surface area contributed by atoms with Gasteiger partial charge >= 0.3 is 0 Å².